The van der Waals surface area contributed by atoms with E-state index in [1.54, 1.807) is 0 Å². The normalized spacial score (nSPS) is 19.5. The Labute approximate surface area is 102 Å². The molecular formula is C12H22N2O3. The quantitative estimate of drug-likeness (QED) is 0.643. The van der Waals surface area contributed by atoms with Gasteiger partial charge in [0.05, 0.1) is 6.61 Å². The molecule has 0 saturated carbocycles. The van der Waals surface area contributed by atoms with E-state index in [1.807, 2.05) is 13.0 Å². The van der Waals surface area contributed by atoms with Gasteiger partial charge in [-0.15, -0.1) is 0 Å². The van der Waals surface area contributed by atoms with Gasteiger partial charge in [0.1, 0.15) is 0 Å². The molecule has 0 aromatic rings. The van der Waals surface area contributed by atoms with Gasteiger partial charge in [-0.05, 0) is 6.42 Å². The number of aliphatic hydroxyl groups excluding tert-OH is 1. The van der Waals surface area contributed by atoms with Gasteiger partial charge in [0.15, 0.2) is 0 Å². The first-order chi connectivity index (χ1) is 8.17. The highest BCUT2D eigenvalue weighted by Crippen LogP contribution is 2.04. The number of carboxylic acids is 1. The van der Waals surface area contributed by atoms with Crippen LogP contribution in [0.2, 0.25) is 0 Å². The first-order valence-corrected chi connectivity index (χ1v) is 6.15. The lowest BCUT2D eigenvalue weighted by molar-refractivity contribution is -0.132. The molecule has 0 radical (unpaired) electrons. The minimum absolute atomic E-state index is 0.207. The van der Waals surface area contributed by atoms with Gasteiger partial charge >= 0.3 is 5.97 Å². The van der Waals surface area contributed by atoms with Crippen LogP contribution in [-0.4, -0.2) is 71.9 Å². The zero-order valence-electron chi connectivity index (χ0n) is 10.4. The summed E-state index contributed by atoms with van der Waals surface area (Å²) in [6.07, 6.45) is 2.38. The Kier molecular flexibility index (Phi) is 6.18. The average Bonchev–Trinajstić information content (AvgIpc) is 2.32. The van der Waals surface area contributed by atoms with E-state index in [0.717, 1.165) is 32.7 Å². The summed E-state index contributed by atoms with van der Waals surface area (Å²) in [5.74, 6) is -0.814. The molecule has 0 aromatic heterocycles. The monoisotopic (exact) mass is 242 g/mol. The fourth-order valence-electron chi connectivity index (χ4n) is 1.96. The average molecular weight is 242 g/mol. The summed E-state index contributed by atoms with van der Waals surface area (Å²) in [4.78, 5) is 15.3. The van der Waals surface area contributed by atoms with Gasteiger partial charge in [0.25, 0.3) is 0 Å². The Balaban J connectivity index is 2.33. The number of aliphatic hydroxyl groups is 1. The lowest BCUT2D eigenvalue weighted by Crippen LogP contribution is -2.47. The number of carboxylic acid groups (broad SMARTS) is 1. The van der Waals surface area contributed by atoms with E-state index in [2.05, 4.69) is 9.80 Å². The molecule has 5 nitrogen and oxygen atoms in total. The largest absolute Gasteiger partial charge is 0.478 e. The molecule has 0 spiro atoms. The Morgan fingerprint density at radius 1 is 1.24 bits per heavy atom. The molecule has 0 aliphatic carbocycles. The maximum atomic E-state index is 10.8. The molecular weight excluding hydrogens is 220 g/mol. The Bertz CT molecular complexity index is 271. The summed E-state index contributed by atoms with van der Waals surface area (Å²) in [5, 5.41) is 17.7. The Morgan fingerprint density at radius 2 is 1.82 bits per heavy atom. The number of β-amino-alcohol motifs (C(OH)–C–C–N with tert-alkyl or cyclic N) is 1. The van der Waals surface area contributed by atoms with E-state index < -0.39 is 5.97 Å². The summed E-state index contributed by atoms with van der Waals surface area (Å²) in [6.45, 7) is 7.28. The van der Waals surface area contributed by atoms with Crippen molar-refractivity contribution in [1.82, 2.24) is 9.80 Å². The number of nitrogens with zero attached hydrogens (tertiary/aromatic N) is 2. The SMILES string of the molecule is CCC(=CCN1CCN(CCO)CC1)C(=O)O. The van der Waals surface area contributed by atoms with Crippen LogP contribution in [0.1, 0.15) is 13.3 Å². The molecule has 0 aromatic carbocycles. The first-order valence-electron chi connectivity index (χ1n) is 6.15. The van der Waals surface area contributed by atoms with Gasteiger partial charge in [-0.25, -0.2) is 4.79 Å². The molecule has 2 N–H and O–H groups in total. The standard InChI is InChI=1S/C12H22N2O3/c1-2-11(12(16)17)3-4-13-5-7-14(8-6-13)9-10-15/h3,15H,2,4-10H2,1H3,(H,16,17). The third-order valence-corrected chi connectivity index (χ3v) is 3.13. The molecule has 17 heavy (non-hydrogen) atoms. The second kappa shape index (κ2) is 7.42. The fraction of sp³-hybridized carbons (Fsp3) is 0.750. The lowest BCUT2D eigenvalue weighted by Gasteiger charge is -2.33. The molecule has 1 aliphatic rings. The van der Waals surface area contributed by atoms with Crippen LogP contribution in [0.5, 0.6) is 0 Å². The van der Waals surface area contributed by atoms with Crippen LogP contribution < -0.4 is 0 Å². The Hall–Kier alpha value is -0.910. The van der Waals surface area contributed by atoms with Crippen molar-refractivity contribution in [3.05, 3.63) is 11.6 Å². The molecule has 0 unspecified atom stereocenters. The van der Waals surface area contributed by atoms with Gasteiger partial charge in [-0.1, -0.05) is 13.0 Å². The van der Waals surface area contributed by atoms with Crippen LogP contribution in [0.4, 0.5) is 0 Å². The smallest absolute Gasteiger partial charge is 0.331 e. The molecule has 1 aliphatic heterocycles. The topological polar surface area (TPSA) is 64.0 Å². The summed E-state index contributed by atoms with van der Waals surface area (Å²) in [5.41, 5.74) is 0.489. The number of rotatable bonds is 6. The van der Waals surface area contributed by atoms with Crippen LogP contribution >= 0.6 is 0 Å². The third-order valence-electron chi connectivity index (χ3n) is 3.13. The summed E-state index contributed by atoms with van der Waals surface area (Å²) >= 11 is 0. The minimum atomic E-state index is -0.814. The van der Waals surface area contributed by atoms with Crippen LogP contribution in [0.3, 0.4) is 0 Å². The number of piperazine rings is 1. The van der Waals surface area contributed by atoms with Crippen molar-refractivity contribution in [2.75, 3.05) is 45.9 Å². The molecule has 1 saturated heterocycles. The summed E-state index contributed by atoms with van der Waals surface area (Å²) in [7, 11) is 0. The van der Waals surface area contributed by atoms with Crippen LogP contribution in [0, 0.1) is 0 Å². The van der Waals surface area contributed by atoms with Crippen molar-refractivity contribution in [3.8, 4) is 0 Å². The predicted molar refractivity (Wildman–Crippen MR) is 66.0 cm³/mol. The lowest BCUT2D eigenvalue weighted by atomic mass is 10.2. The number of carbonyl (C=O) groups is 1. The van der Waals surface area contributed by atoms with E-state index in [-0.39, 0.29) is 6.61 Å². The van der Waals surface area contributed by atoms with Crippen molar-refractivity contribution in [2.45, 2.75) is 13.3 Å². The van der Waals surface area contributed by atoms with Crippen LogP contribution in [0.25, 0.3) is 0 Å². The van der Waals surface area contributed by atoms with E-state index in [9.17, 15) is 4.79 Å². The predicted octanol–water partition coefficient (Wildman–Crippen LogP) is 0.0173. The van der Waals surface area contributed by atoms with Gasteiger partial charge in [0, 0.05) is 44.8 Å². The molecule has 1 rings (SSSR count). The molecule has 5 heteroatoms. The highest BCUT2D eigenvalue weighted by Gasteiger charge is 2.15. The van der Waals surface area contributed by atoms with Gasteiger partial charge < -0.3 is 10.2 Å². The molecule has 1 heterocycles. The van der Waals surface area contributed by atoms with E-state index in [0.29, 0.717) is 18.5 Å². The fourth-order valence-corrected chi connectivity index (χ4v) is 1.96. The summed E-state index contributed by atoms with van der Waals surface area (Å²) in [6, 6.07) is 0. The third kappa shape index (κ3) is 4.85. The van der Waals surface area contributed by atoms with Gasteiger partial charge in [0.2, 0.25) is 0 Å². The van der Waals surface area contributed by atoms with E-state index >= 15 is 0 Å². The van der Waals surface area contributed by atoms with Gasteiger partial charge in [-0.3, -0.25) is 9.80 Å². The maximum absolute atomic E-state index is 10.8. The molecule has 0 bridgehead atoms. The molecule has 1 fully saturated rings. The highest BCUT2D eigenvalue weighted by atomic mass is 16.4. The van der Waals surface area contributed by atoms with Crippen molar-refractivity contribution >= 4 is 5.97 Å². The van der Waals surface area contributed by atoms with Crippen LogP contribution in [0.15, 0.2) is 11.6 Å². The number of hydrogen-bond donors (Lipinski definition) is 2. The number of hydrogen-bond acceptors (Lipinski definition) is 4. The maximum Gasteiger partial charge on any atom is 0.331 e. The number of aliphatic carboxylic acids is 1. The van der Waals surface area contributed by atoms with Crippen molar-refractivity contribution in [2.24, 2.45) is 0 Å². The second-order valence-corrected chi connectivity index (χ2v) is 4.25. The van der Waals surface area contributed by atoms with E-state index in [4.69, 9.17) is 10.2 Å². The van der Waals surface area contributed by atoms with Crippen molar-refractivity contribution in [3.63, 3.8) is 0 Å². The zero-order valence-corrected chi connectivity index (χ0v) is 10.4. The van der Waals surface area contributed by atoms with E-state index in [1.165, 1.54) is 0 Å². The molecule has 0 atom stereocenters. The summed E-state index contributed by atoms with van der Waals surface area (Å²) < 4.78 is 0. The van der Waals surface area contributed by atoms with Gasteiger partial charge in [-0.2, -0.15) is 0 Å². The Morgan fingerprint density at radius 3 is 2.29 bits per heavy atom. The van der Waals surface area contributed by atoms with Crippen LogP contribution in [-0.2, 0) is 4.79 Å². The first kappa shape index (κ1) is 14.2. The molecule has 0 amide bonds. The minimum Gasteiger partial charge on any atom is -0.478 e. The molecule has 98 valence electrons. The van der Waals surface area contributed by atoms with Crippen molar-refractivity contribution in [1.29, 1.82) is 0 Å². The highest BCUT2D eigenvalue weighted by molar-refractivity contribution is 5.86. The van der Waals surface area contributed by atoms with Crippen molar-refractivity contribution < 1.29 is 15.0 Å². The second-order valence-electron chi connectivity index (χ2n) is 4.25. The zero-order chi connectivity index (χ0) is 12.7.